The summed E-state index contributed by atoms with van der Waals surface area (Å²) in [6, 6.07) is 4.52. The van der Waals surface area contributed by atoms with Crippen LogP contribution in [0.2, 0.25) is 5.02 Å². The number of halogens is 3. The minimum absolute atomic E-state index is 0.0997. The molecule has 26 heavy (non-hydrogen) atoms. The maximum Gasteiger partial charge on any atom is 0.387 e. The van der Waals surface area contributed by atoms with Crippen molar-refractivity contribution in [3.8, 4) is 11.4 Å². The van der Waals surface area contributed by atoms with E-state index in [1.165, 1.54) is 16.8 Å². The zero-order chi connectivity index (χ0) is 18.9. The van der Waals surface area contributed by atoms with Crippen LogP contribution < -0.4 is 4.74 Å². The fourth-order valence-electron chi connectivity index (χ4n) is 2.57. The Labute approximate surface area is 154 Å². The van der Waals surface area contributed by atoms with Crippen molar-refractivity contribution in [2.75, 3.05) is 0 Å². The highest BCUT2D eigenvalue weighted by atomic mass is 35.5. The zero-order valence-corrected chi connectivity index (χ0v) is 15.3. The lowest BCUT2D eigenvalue weighted by molar-refractivity contribution is -0.0497. The molecule has 9 heteroatoms. The van der Waals surface area contributed by atoms with Crippen LogP contribution in [0, 0.1) is 0 Å². The van der Waals surface area contributed by atoms with Gasteiger partial charge in [0, 0.05) is 23.9 Å². The summed E-state index contributed by atoms with van der Waals surface area (Å²) >= 11 is 5.87. The lowest BCUT2D eigenvalue weighted by Gasteiger charge is -2.19. The molecule has 0 N–H and O–H groups in total. The highest BCUT2D eigenvalue weighted by molar-refractivity contribution is 6.32. The first-order valence-corrected chi connectivity index (χ1v) is 8.29. The molecule has 0 aliphatic heterocycles. The summed E-state index contributed by atoms with van der Waals surface area (Å²) in [7, 11) is 0. The molecule has 0 saturated carbocycles. The van der Waals surface area contributed by atoms with Gasteiger partial charge >= 0.3 is 6.61 Å². The van der Waals surface area contributed by atoms with Crippen LogP contribution in [0.3, 0.4) is 0 Å². The van der Waals surface area contributed by atoms with E-state index in [-0.39, 0.29) is 16.2 Å². The van der Waals surface area contributed by atoms with Crippen molar-refractivity contribution in [3.63, 3.8) is 0 Å². The van der Waals surface area contributed by atoms with Gasteiger partial charge in [-0.25, -0.2) is 9.67 Å². The molecule has 0 fully saturated rings. The van der Waals surface area contributed by atoms with Gasteiger partial charge in [0.2, 0.25) is 0 Å². The van der Waals surface area contributed by atoms with Gasteiger partial charge in [-0.05, 0) is 12.1 Å². The molecule has 0 bridgehead atoms. The Morgan fingerprint density at radius 3 is 2.73 bits per heavy atom. The Morgan fingerprint density at radius 1 is 1.27 bits per heavy atom. The maximum absolute atomic E-state index is 12.5. The Balaban J connectivity index is 1.84. The van der Waals surface area contributed by atoms with Crippen LogP contribution in [0.4, 0.5) is 8.78 Å². The molecule has 0 amide bonds. The molecule has 0 saturated heterocycles. The van der Waals surface area contributed by atoms with Crippen LogP contribution in [0.5, 0.6) is 5.75 Å². The van der Waals surface area contributed by atoms with Gasteiger partial charge in [0.1, 0.15) is 17.3 Å². The molecule has 0 unspecified atom stereocenters. The average molecular weight is 382 g/mol. The number of alkyl halides is 2. The molecule has 0 atom stereocenters. The van der Waals surface area contributed by atoms with Gasteiger partial charge in [0.05, 0.1) is 23.5 Å². The van der Waals surface area contributed by atoms with Crippen molar-refractivity contribution in [2.24, 2.45) is 0 Å². The smallest absolute Gasteiger partial charge is 0.387 e. The zero-order valence-electron chi connectivity index (χ0n) is 14.5. The summed E-state index contributed by atoms with van der Waals surface area (Å²) in [5, 5.41) is 8.30. The third-order valence-electron chi connectivity index (χ3n) is 3.65. The normalized spacial score (nSPS) is 12.0. The molecule has 0 aliphatic carbocycles. The van der Waals surface area contributed by atoms with Gasteiger partial charge in [-0.1, -0.05) is 37.6 Å². The number of rotatable bonds is 5. The van der Waals surface area contributed by atoms with Crippen LogP contribution in [0.15, 0.2) is 36.8 Å². The number of ether oxygens (including phenoxy) is 1. The van der Waals surface area contributed by atoms with Gasteiger partial charge in [0.25, 0.3) is 0 Å². The summed E-state index contributed by atoms with van der Waals surface area (Å²) in [6.45, 7) is 3.80. The SMILES string of the molecule is CC(C)(C)c1nccn1Cc1cn(-c2ccc(Cl)c(OC(F)F)c2)nn1. The third kappa shape index (κ3) is 4.01. The van der Waals surface area contributed by atoms with Crippen molar-refractivity contribution >= 4 is 11.6 Å². The molecule has 138 valence electrons. The number of nitrogens with zero attached hydrogens (tertiary/aromatic N) is 5. The van der Waals surface area contributed by atoms with E-state index in [9.17, 15) is 8.78 Å². The summed E-state index contributed by atoms with van der Waals surface area (Å²) in [6.07, 6.45) is 5.36. The number of hydrogen-bond acceptors (Lipinski definition) is 4. The fourth-order valence-corrected chi connectivity index (χ4v) is 2.74. The van der Waals surface area contributed by atoms with Gasteiger partial charge in [-0.15, -0.1) is 5.10 Å². The van der Waals surface area contributed by atoms with E-state index in [1.54, 1.807) is 18.5 Å². The van der Waals surface area contributed by atoms with E-state index in [2.05, 4.69) is 40.8 Å². The second-order valence-electron chi connectivity index (χ2n) is 6.78. The minimum atomic E-state index is -2.95. The van der Waals surface area contributed by atoms with E-state index in [1.807, 2.05) is 10.8 Å². The molecular weight excluding hydrogens is 364 g/mol. The molecule has 0 radical (unpaired) electrons. The van der Waals surface area contributed by atoms with Gasteiger partial charge < -0.3 is 9.30 Å². The highest BCUT2D eigenvalue weighted by Gasteiger charge is 2.20. The van der Waals surface area contributed by atoms with Gasteiger partial charge in [-0.2, -0.15) is 8.78 Å². The summed E-state index contributed by atoms with van der Waals surface area (Å²) < 4.78 is 32.8. The van der Waals surface area contributed by atoms with Gasteiger partial charge in [0.15, 0.2) is 0 Å². The number of benzene rings is 1. The second-order valence-corrected chi connectivity index (χ2v) is 7.18. The Hall–Kier alpha value is -2.48. The summed E-state index contributed by atoms with van der Waals surface area (Å²) in [5.41, 5.74) is 1.13. The Kier molecular flexibility index (Phi) is 4.95. The first kappa shape index (κ1) is 18.3. The van der Waals surface area contributed by atoms with Crippen molar-refractivity contribution in [2.45, 2.75) is 39.3 Å². The van der Waals surface area contributed by atoms with E-state index in [0.717, 1.165) is 5.82 Å². The molecular formula is C17H18ClF2N5O. The maximum atomic E-state index is 12.5. The quantitative estimate of drug-likeness (QED) is 0.668. The van der Waals surface area contributed by atoms with Crippen LogP contribution in [-0.4, -0.2) is 31.2 Å². The minimum Gasteiger partial charge on any atom is -0.433 e. The molecule has 1 aromatic carbocycles. The molecule has 0 aliphatic rings. The van der Waals surface area contributed by atoms with E-state index in [4.69, 9.17) is 11.6 Å². The van der Waals surface area contributed by atoms with E-state index >= 15 is 0 Å². The van der Waals surface area contributed by atoms with Crippen molar-refractivity contribution < 1.29 is 13.5 Å². The van der Waals surface area contributed by atoms with Crippen LogP contribution in [-0.2, 0) is 12.0 Å². The topological polar surface area (TPSA) is 57.8 Å². The van der Waals surface area contributed by atoms with Crippen molar-refractivity contribution in [1.29, 1.82) is 0 Å². The molecule has 2 heterocycles. The van der Waals surface area contributed by atoms with Crippen LogP contribution in [0.25, 0.3) is 5.69 Å². The summed E-state index contributed by atoms with van der Waals surface area (Å²) in [4.78, 5) is 4.40. The molecule has 3 aromatic rings. The predicted octanol–water partition coefficient (Wildman–Crippen LogP) is 4.06. The number of aromatic nitrogens is 5. The van der Waals surface area contributed by atoms with E-state index < -0.39 is 6.61 Å². The van der Waals surface area contributed by atoms with Crippen molar-refractivity contribution in [3.05, 3.63) is 53.3 Å². The second kappa shape index (κ2) is 7.03. The van der Waals surface area contributed by atoms with Crippen LogP contribution >= 0.6 is 11.6 Å². The predicted molar refractivity (Wildman–Crippen MR) is 93.0 cm³/mol. The average Bonchev–Trinajstić information content (AvgIpc) is 3.18. The standard InChI is InChI=1S/C17H18ClF2N5O/c1-17(2,3)15-21-6-7-24(15)9-11-10-25(23-22-11)12-4-5-13(18)14(8-12)26-16(19)20/h4-8,10,16H,9H2,1-3H3. The van der Waals surface area contributed by atoms with Crippen LogP contribution in [0.1, 0.15) is 32.3 Å². The monoisotopic (exact) mass is 381 g/mol. The first-order valence-electron chi connectivity index (χ1n) is 7.91. The Morgan fingerprint density at radius 2 is 2.04 bits per heavy atom. The number of imidazole rings is 1. The highest BCUT2D eigenvalue weighted by Crippen LogP contribution is 2.28. The largest absolute Gasteiger partial charge is 0.433 e. The fraction of sp³-hybridized carbons (Fsp3) is 0.353. The Bertz CT molecular complexity index is 901. The lowest BCUT2D eigenvalue weighted by Crippen LogP contribution is -2.19. The summed E-state index contributed by atoms with van der Waals surface area (Å²) in [5.74, 6) is 0.826. The number of hydrogen-bond donors (Lipinski definition) is 0. The molecule has 6 nitrogen and oxygen atoms in total. The molecule has 0 spiro atoms. The molecule has 2 aromatic heterocycles. The lowest BCUT2D eigenvalue weighted by atomic mass is 9.96. The molecule has 3 rings (SSSR count). The first-order chi connectivity index (χ1) is 12.2. The van der Waals surface area contributed by atoms with Gasteiger partial charge in [-0.3, -0.25) is 0 Å². The van der Waals surface area contributed by atoms with Crippen molar-refractivity contribution in [1.82, 2.24) is 24.5 Å². The third-order valence-corrected chi connectivity index (χ3v) is 3.97. The van der Waals surface area contributed by atoms with E-state index in [0.29, 0.717) is 17.9 Å².